The number of fused-ring (bicyclic) bond motifs is 1. The summed E-state index contributed by atoms with van der Waals surface area (Å²) in [6, 6.07) is 18.6. The van der Waals surface area contributed by atoms with E-state index in [-0.39, 0.29) is 12.1 Å². The molecule has 1 heterocycles. The minimum atomic E-state index is -0.575. The van der Waals surface area contributed by atoms with E-state index in [0.717, 1.165) is 44.3 Å². The fourth-order valence-corrected chi connectivity index (χ4v) is 4.21. The Morgan fingerprint density at radius 2 is 1.52 bits per heavy atom. The topological polar surface area (TPSA) is 29.5 Å². The second-order valence-electron chi connectivity index (χ2n) is 7.48. The molecule has 130 valence electrons. The van der Waals surface area contributed by atoms with Crippen LogP contribution in [0.2, 0.25) is 0 Å². The van der Waals surface area contributed by atoms with Crippen LogP contribution in [0.4, 0.5) is 0 Å². The van der Waals surface area contributed by atoms with Gasteiger partial charge in [0.15, 0.2) is 0 Å². The molecule has 0 N–H and O–H groups in total. The standard InChI is InChI=1S/C22H25NO2/c1-23-13-11-20(12-14-23)25-21(24)22(19-9-3-2-4-10-19)15-17-7-5-6-8-18(17)16-22/h2-10,20H,11-16H2,1H3. The third-order valence-electron chi connectivity index (χ3n) is 5.76. The molecule has 2 aliphatic rings. The van der Waals surface area contributed by atoms with Crippen molar-refractivity contribution in [2.45, 2.75) is 37.2 Å². The highest BCUT2D eigenvalue weighted by molar-refractivity contribution is 5.85. The number of piperidine rings is 1. The normalized spacial score (nSPS) is 20.2. The molecule has 1 saturated heterocycles. The van der Waals surface area contributed by atoms with Crippen LogP contribution in [-0.4, -0.2) is 37.1 Å². The van der Waals surface area contributed by atoms with Crippen molar-refractivity contribution in [1.29, 1.82) is 0 Å². The van der Waals surface area contributed by atoms with E-state index in [0.29, 0.717) is 0 Å². The molecule has 0 spiro atoms. The molecule has 0 bridgehead atoms. The molecule has 3 nitrogen and oxygen atoms in total. The molecule has 1 fully saturated rings. The van der Waals surface area contributed by atoms with Crippen LogP contribution in [0.1, 0.15) is 29.5 Å². The van der Waals surface area contributed by atoms with Crippen LogP contribution >= 0.6 is 0 Å². The number of rotatable bonds is 3. The van der Waals surface area contributed by atoms with Crippen molar-refractivity contribution in [2.24, 2.45) is 0 Å². The van der Waals surface area contributed by atoms with Gasteiger partial charge in [0.05, 0.1) is 0 Å². The van der Waals surface area contributed by atoms with E-state index in [1.807, 2.05) is 18.2 Å². The third kappa shape index (κ3) is 3.09. The van der Waals surface area contributed by atoms with Crippen LogP contribution in [-0.2, 0) is 27.8 Å². The highest BCUT2D eigenvalue weighted by Crippen LogP contribution is 2.41. The second kappa shape index (κ2) is 6.64. The van der Waals surface area contributed by atoms with Crippen LogP contribution in [0.25, 0.3) is 0 Å². The van der Waals surface area contributed by atoms with Gasteiger partial charge in [0.25, 0.3) is 0 Å². The Kier molecular flexibility index (Phi) is 4.34. The van der Waals surface area contributed by atoms with Gasteiger partial charge >= 0.3 is 5.97 Å². The van der Waals surface area contributed by atoms with Gasteiger partial charge in [-0.1, -0.05) is 54.6 Å². The summed E-state index contributed by atoms with van der Waals surface area (Å²) < 4.78 is 6.05. The Morgan fingerprint density at radius 3 is 2.12 bits per heavy atom. The van der Waals surface area contributed by atoms with Crippen molar-refractivity contribution in [3.05, 3.63) is 71.3 Å². The number of esters is 1. The van der Waals surface area contributed by atoms with Crippen molar-refractivity contribution >= 4 is 5.97 Å². The maximum atomic E-state index is 13.4. The van der Waals surface area contributed by atoms with Gasteiger partial charge in [-0.3, -0.25) is 4.79 Å². The second-order valence-corrected chi connectivity index (χ2v) is 7.48. The van der Waals surface area contributed by atoms with Crippen molar-refractivity contribution in [3.63, 3.8) is 0 Å². The first-order valence-electron chi connectivity index (χ1n) is 9.19. The SMILES string of the molecule is CN1CCC(OC(=O)C2(c3ccccc3)Cc3ccccc3C2)CC1. The van der Waals surface area contributed by atoms with Crippen molar-refractivity contribution < 1.29 is 9.53 Å². The monoisotopic (exact) mass is 335 g/mol. The van der Waals surface area contributed by atoms with Gasteiger partial charge < -0.3 is 9.64 Å². The van der Waals surface area contributed by atoms with E-state index in [2.05, 4.69) is 48.3 Å². The van der Waals surface area contributed by atoms with Crippen LogP contribution < -0.4 is 0 Å². The number of hydrogen-bond donors (Lipinski definition) is 0. The average Bonchev–Trinajstić information content (AvgIpc) is 3.05. The Labute approximate surface area is 149 Å². The quantitative estimate of drug-likeness (QED) is 0.806. The van der Waals surface area contributed by atoms with Crippen LogP contribution in [0.15, 0.2) is 54.6 Å². The molecule has 3 heteroatoms. The van der Waals surface area contributed by atoms with Crippen LogP contribution in [0, 0.1) is 0 Å². The molecule has 0 aromatic heterocycles. The molecule has 0 unspecified atom stereocenters. The number of likely N-dealkylation sites (tertiary alicyclic amines) is 1. The number of carbonyl (C=O) groups is 1. The van der Waals surface area contributed by atoms with Gasteiger partial charge in [-0.25, -0.2) is 0 Å². The predicted molar refractivity (Wildman–Crippen MR) is 98.6 cm³/mol. The lowest BCUT2D eigenvalue weighted by molar-refractivity contribution is -0.158. The van der Waals surface area contributed by atoms with Gasteiger partial charge in [-0.15, -0.1) is 0 Å². The minimum Gasteiger partial charge on any atom is -0.462 e. The molecule has 4 rings (SSSR count). The summed E-state index contributed by atoms with van der Waals surface area (Å²) in [4.78, 5) is 15.6. The minimum absolute atomic E-state index is 0.0491. The molecule has 0 radical (unpaired) electrons. The zero-order chi connectivity index (χ0) is 17.3. The number of nitrogens with zero attached hydrogens (tertiary/aromatic N) is 1. The molecule has 2 aromatic carbocycles. The van der Waals surface area contributed by atoms with Gasteiger partial charge in [-0.05, 0) is 49.4 Å². The molecular weight excluding hydrogens is 310 g/mol. The Hall–Kier alpha value is -2.13. The largest absolute Gasteiger partial charge is 0.462 e. The summed E-state index contributed by atoms with van der Waals surface area (Å²) in [7, 11) is 2.12. The van der Waals surface area contributed by atoms with Crippen molar-refractivity contribution in [1.82, 2.24) is 4.90 Å². The first-order chi connectivity index (χ1) is 12.2. The number of carbonyl (C=O) groups excluding carboxylic acids is 1. The summed E-state index contributed by atoms with van der Waals surface area (Å²) in [5.41, 5.74) is 3.04. The van der Waals surface area contributed by atoms with E-state index >= 15 is 0 Å². The smallest absolute Gasteiger partial charge is 0.317 e. The molecule has 2 aromatic rings. The lowest BCUT2D eigenvalue weighted by atomic mass is 9.77. The van der Waals surface area contributed by atoms with E-state index in [1.54, 1.807) is 0 Å². The lowest BCUT2D eigenvalue weighted by Gasteiger charge is -2.33. The molecule has 25 heavy (non-hydrogen) atoms. The number of hydrogen-bond acceptors (Lipinski definition) is 3. The Morgan fingerprint density at radius 1 is 0.960 bits per heavy atom. The maximum absolute atomic E-state index is 13.4. The fourth-order valence-electron chi connectivity index (χ4n) is 4.21. The first-order valence-corrected chi connectivity index (χ1v) is 9.19. The van der Waals surface area contributed by atoms with Gasteiger partial charge in [0.1, 0.15) is 11.5 Å². The highest BCUT2D eigenvalue weighted by Gasteiger charge is 2.47. The van der Waals surface area contributed by atoms with E-state index in [4.69, 9.17) is 4.74 Å². The average molecular weight is 335 g/mol. The zero-order valence-electron chi connectivity index (χ0n) is 14.8. The van der Waals surface area contributed by atoms with Crippen LogP contribution in [0.5, 0.6) is 0 Å². The predicted octanol–water partition coefficient (Wildman–Crippen LogP) is 3.36. The molecule has 1 aliphatic heterocycles. The summed E-state index contributed by atoms with van der Waals surface area (Å²) in [6.45, 7) is 1.99. The van der Waals surface area contributed by atoms with Gasteiger partial charge in [0, 0.05) is 13.1 Å². The number of ether oxygens (including phenoxy) is 1. The summed E-state index contributed by atoms with van der Waals surface area (Å²) in [6.07, 6.45) is 3.38. The van der Waals surface area contributed by atoms with Gasteiger partial charge in [0.2, 0.25) is 0 Å². The lowest BCUT2D eigenvalue weighted by Crippen LogP contribution is -2.43. The fraction of sp³-hybridized carbons (Fsp3) is 0.409. The van der Waals surface area contributed by atoms with Crippen molar-refractivity contribution in [3.8, 4) is 0 Å². The molecule has 0 saturated carbocycles. The maximum Gasteiger partial charge on any atom is 0.317 e. The molecule has 0 amide bonds. The first kappa shape index (κ1) is 16.3. The molecule has 0 atom stereocenters. The van der Waals surface area contributed by atoms with Crippen LogP contribution in [0.3, 0.4) is 0 Å². The summed E-state index contributed by atoms with van der Waals surface area (Å²) in [5.74, 6) is -0.0514. The zero-order valence-corrected chi connectivity index (χ0v) is 14.8. The highest BCUT2D eigenvalue weighted by atomic mass is 16.5. The van der Waals surface area contributed by atoms with Crippen molar-refractivity contribution in [2.75, 3.05) is 20.1 Å². The molecule has 1 aliphatic carbocycles. The van der Waals surface area contributed by atoms with E-state index < -0.39 is 5.41 Å². The summed E-state index contributed by atoms with van der Waals surface area (Å²) >= 11 is 0. The molecular formula is C22H25NO2. The van der Waals surface area contributed by atoms with Gasteiger partial charge in [-0.2, -0.15) is 0 Å². The van der Waals surface area contributed by atoms with E-state index in [9.17, 15) is 4.79 Å². The summed E-state index contributed by atoms with van der Waals surface area (Å²) in [5, 5.41) is 0. The Bertz CT molecular complexity index is 723. The number of benzene rings is 2. The Balaban J connectivity index is 1.62. The van der Waals surface area contributed by atoms with E-state index in [1.165, 1.54) is 11.1 Å². The third-order valence-corrected chi connectivity index (χ3v) is 5.76.